The molecule has 0 amide bonds. The Morgan fingerprint density at radius 3 is 2.34 bits per heavy atom. The summed E-state index contributed by atoms with van der Waals surface area (Å²) < 4.78 is 6.82. The van der Waals surface area contributed by atoms with Gasteiger partial charge in [-0.25, -0.2) is 0 Å². The summed E-state index contributed by atoms with van der Waals surface area (Å²) in [6, 6.07) is 20.5. The minimum absolute atomic E-state index is 0.0143. The van der Waals surface area contributed by atoms with Crippen LogP contribution in [0.5, 0.6) is 17.2 Å². The largest absolute Gasteiger partial charge is 0.504 e. The van der Waals surface area contributed by atoms with Crippen LogP contribution < -0.4 is 15.4 Å². The minimum atomic E-state index is -0.818. The number of phenolic OH excluding ortho intramolecular Hbond substituents is 2. The van der Waals surface area contributed by atoms with Crippen LogP contribution >= 0.6 is 12.2 Å². The number of rotatable bonds is 2. The molecule has 4 N–H and O–H groups in total. The predicted octanol–water partition coefficient (Wildman–Crippen LogP) is 5.57. The summed E-state index contributed by atoms with van der Waals surface area (Å²) in [6.45, 7) is 4.20. The van der Waals surface area contributed by atoms with Crippen molar-refractivity contribution in [2.75, 3.05) is 0 Å². The molecule has 1 spiro atoms. The van der Waals surface area contributed by atoms with E-state index in [-0.39, 0.29) is 35.3 Å². The Balaban J connectivity index is 1.57. The Kier molecular flexibility index (Phi) is 5.18. The summed E-state index contributed by atoms with van der Waals surface area (Å²) in [7, 11) is 0. The van der Waals surface area contributed by atoms with Crippen molar-refractivity contribution >= 4 is 17.3 Å². The molecule has 0 aromatic heterocycles. The van der Waals surface area contributed by atoms with Gasteiger partial charge >= 0.3 is 0 Å². The fraction of sp³-hybridized carbons (Fsp3) is 0.345. The molecule has 0 bridgehead atoms. The van der Waals surface area contributed by atoms with Crippen molar-refractivity contribution in [3.63, 3.8) is 0 Å². The van der Waals surface area contributed by atoms with Gasteiger partial charge in [0.05, 0.1) is 6.04 Å². The Hall–Kier alpha value is -3.25. The van der Waals surface area contributed by atoms with Crippen LogP contribution in [0.3, 0.4) is 0 Å². The van der Waals surface area contributed by atoms with Crippen LogP contribution in [0.2, 0.25) is 0 Å². The van der Waals surface area contributed by atoms with Gasteiger partial charge in [-0.2, -0.15) is 0 Å². The van der Waals surface area contributed by atoms with Crippen LogP contribution in [0.1, 0.15) is 59.0 Å². The molecule has 5 unspecified atom stereocenters. The van der Waals surface area contributed by atoms with E-state index in [1.54, 1.807) is 6.07 Å². The van der Waals surface area contributed by atoms with Crippen molar-refractivity contribution in [3.05, 3.63) is 88.5 Å². The van der Waals surface area contributed by atoms with Crippen molar-refractivity contribution in [2.45, 2.75) is 50.8 Å². The highest BCUT2D eigenvalue weighted by Crippen LogP contribution is 2.60. The Morgan fingerprint density at radius 1 is 0.914 bits per heavy atom. The Labute approximate surface area is 211 Å². The highest BCUT2D eigenvalue weighted by atomic mass is 32.1. The maximum absolute atomic E-state index is 11.0. The molecular weight excluding hydrogens is 456 g/mol. The van der Waals surface area contributed by atoms with Gasteiger partial charge in [0.2, 0.25) is 5.75 Å². The van der Waals surface area contributed by atoms with Crippen molar-refractivity contribution in [1.29, 1.82) is 0 Å². The van der Waals surface area contributed by atoms with Gasteiger partial charge < -0.3 is 25.6 Å². The zero-order chi connectivity index (χ0) is 24.3. The van der Waals surface area contributed by atoms with Crippen LogP contribution in [0.15, 0.2) is 60.7 Å². The van der Waals surface area contributed by atoms with Gasteiger partial charge in [-0.15, -0.1) is 0 Å². The molecule has 3 aromatic carbocycles. The number of benzene rings is 3. The van der Waals surface area contributed by atoms with E-state index in [0.717, 1.165) is 24.8 Å². The zero-order valence-corrected chi connectivity index (χ0v) is 20.7. The standard InChI is InChI=1S/C29H30N2O3S/c1-16-6-3-8-18(14-16)24-20-12-13-23(32)26(33)27(20)34-29-21(24)10-5-11-22(29)25(30-28(35)31-29)19-9-4-7-17(2)15-19/h3-4,6-9,12-15,21-22,24-25,32-33H,5,10-11H2,1-2H3,(H2,30,31,35). The predicted molar refractivity (Wildman–Crippen MR) is 140 cm³/mol. The molecule has 5 nitrogen and oxygen atoms in total. The topological polar surface area (TPSA) is 73.8 Å². The van der Waals surface area contributed by atoms with Gasteiger partial charge in [0.25, 0.3) is 0 Å². The molecule has 35 heavy (non-hydrogen) atoms. The molecule has 1 saturated heterocycles. The first-order valence-electron chi connectivity index (χ1n) is 12.3. The van der Waals surface area contributed by atoms with E-state index in [2.05, 4.69) is 73.0 Å². The van der Waals surface area contributed by atoms with Gasteiger partial charge in [-0.3, -0.25) is 0 Å². The molecule has 1 saturated carbocycles. The lowest BCUT2D eigenvalue weighted by molar-refractivity contribution is -0.122. The first-order chi connectivity index (χ1) is 16.9. The molecule has 180 valence electrons. The number of hydrogen-bond acceptors (Lipinski definition) is 4. The Morgan fingerprint density at radius 2 is 1.60 bits per heavy atom. The van der Waals surface area contributed by atoms with Crippen LogP contribution in [0.25, 0.3) is 0 Å². The lowest BCUT2D eigenvalue weighted by atomic mass is 9.60. The fourth-order valence-electron chi connectivity index (χ4n) is 6.68. The number of aromatic hydroxyl groups is 2. The molecular formula is C29H30N2O3S. The summed E-state index contributed by atoms with van der Waals surface area (Å²) in [6.07, 6.45) is 2.99. The van der Waals surface area contributed by atoms with E-state index in [1.165, 1.54) is 22.3 Å². The molecule has 2 aliphatic heterocycles. The maximum atomic E-state index is 11.0. The fourth-order valence-corrected chi connectivity index (χ4v) is 6.96. The third kappa shape index (κ3) is 3.46. The molecule has 5 atom stereocenters. The SMILES string of the molecule is Cc1cccc(C2NC(=S)NC34Oc5c(ccc(O)c5O)C(c5cccc(C)c5)C3CCCC24)c1. The van der Waals surface area contributed by atoms with Gasteiger partial charge in [0.15, 0.2) is 22.3 Å². The number of aryl methyl sites for hydroxylation is 2. The second-order valence-corrected chi connectivity index (χ2v) is 10.7. The molecule has 2 fully saturated rings. The van der Waals surface area contributed by atoms with Crippen molar-refractivity contribution in [1.82, 2.24) is 10.6 Å². The summed E-state index contributed by atoms with van der Waals surface area (Å²) in [5, 5.41) is 29.0. The first kappa shape index (κ1) is 22.2. The highest BCUT2D eigenvalue weighted by Gasteiger charge is 2.61. The van der Waals surface area contributed by atoms with Gasteiger partial charge in [-0.05, 0) is 56.1 Å². The third-order valence-corrected chi connectivity index (χ3v) is 8.30. The van der Waals surface area contributed by atoms with E-state index < -0.39 is 5.72 Å². The number of thiocarbonyl (C=S) groups is 1. The van der Waals surface area contributed by atoms with E-state index >= 15 is 0 Å². The van der Waals surface area contributed by atoms with Crippen molar-refractivity contribution in [2.24, 2.45) is 11.8 Å². The second kappa shape index (κ2) is 8.16. The molecule has 1 aliphatic carbocycles. The van der Waals surface area contributed by atoms with Crippen molar-refractivity contribution < 1.29 is 14.9 Å². The smallest absolute Gasteiger partial charge is 0.200 e. The number of fused-ring (bicyclic) bond motifs is 1. The highest BCUT2D eigenvalue weighted by molar-refractivity contribution is 7.80. The Bertz CT molecular complexity index is 1330. The second-order valence-electron chi connectivity index (χ2n) is 10.3. The summed E-state index contributed by atoms with van der Waals surface area (Å²) in [5.74, 6) is 0.0968. The first-order valence-corrected chi connectivity index (χ1v) is 12.7. The third-order valence-electron chi connectivity index (χ3n) is 8.08. The molecule has 3 aliphatic rings. The van der Waals surface area contributed by atoms with E-state index in [0.29, 0.717) is 10.9 Å². The number of nitrogens with one attached hydrogen (secondary N) is 2. The molecule has 2 heterocycles. The quantitative estimate of drug-likeness (QED) is 0.280. The van der Waals surface area contributed by atoms with Gasteiger partial charge in [-0.1, -0.05) is 72.1 Å². The minimum Gasteiger partial charge on any atom is -0.504 e. The average Bonchev–Trinajstić information content (AvgIpc) is 2.83. The van der Waals surface area contributed by atoms with E-state index in [9.17, 15) is 10.2 Å². The molecule has 6 heteroatoms. The normalized spacial score (nSPS) is 29.0. The number of hydrogen-bond donors (Lipinski definition) is 4. The van der Waals surface area contributed by atoms with Gasteiger partial charge in [0, 0.05) is 23.3 Å². The molecule has 0 radical (unpaired) electrons. The van der Waals surface area contributed by atoms with Crippen LogP contribution in [0.4, 0.5) is 0 Å². The van der Waals surface area contributed by atoms with E-state index in [1.807, 2.05) is 6.07 Å². The summed E-state index contributed by atoms with van der Waals surface area (Å²) >= 11 is 5.77. The van der Waals surface area contributed by atoms with Crippen LogP contribution in [-0.2, 0) is 0 Å². The maximum Gasteiger partial charge on any atom is 0.200 e. The van der Waals surface area contributed by atoms with Gasteiger partial charge in [0.1, 0.15) is 0 Å². The van der Waals surface area contributed by atoms with Crippen molar-refractivity contribution in [3.8, 4) is 17.2 Å². The lowest BCUT2D eigenvalue weighted by Crippen LogP contribution is -2.73. The number of ether oxygens (including phenoxy) is 1. The van der Waals surface area contributed by atoms with Crippen LogP contribution in [-0.4, -0.2) is 21.1 Å². The molecule has 3 aromatic rings. The van der Waals surface area contributed by atoms with E-state index in [4.69, 9.17) is 17.0 Å². The van der Waals surface area contributed by atoms with Crippen LogP contribution in [0, 0.1) is 25.7 Å². The number of phenols is 2. The monoisotopic (exact) mass is 486 g/mol. The zero-order valence-electron chi connectivity index (χ0n) is 19.9. The summed E-state index contributed by atoms with van der Waals surface area (Å²) in [5.41, 5.74) is 4.84. The molecule has 6 rings (SSSR count). The lowest BCUT2D eigenvalue weighted by Gasteiger charge is -2.59. The summed E-state index contributed by atoms with van der Waals surface area (Å²) in [4.78, 5) is 0. The average molecular weight is 487 g/mol.